The van der Waals surface area contributed by atoms with Gasteiger partial charge < -0.3 is 10.4 Å². The molecule has 7 nitrogen and oxygen atoms in total. The molecule has 0 aliphatic heterocycles. The van der Waals surface area contributed by atoms with Crippen LogP contribution in [0, 0.1) is 5.92 Å². The van der Waals surface area contributed by atoms with Crippen LogP contribution in [0.3, 0.4) is 0 Å². The van der Waals surface area contributed by atoms with E-state index in [2.05, 4.69) is 15.6 Å². The zero-order valence-electron chi connectivity index (χ0n) is 12.2. The first kappa shape index (κ1) is 15.0. The van der Waals surface area contributed by atoms with Gasteiger partial charge in [-0.1, -0.05) is 19.1 Å². The molecule has 0 spiro atoms. The van der Waals surface area contributed by atoms with Crippen molar-refractivity contribution in [3.8, 4) is 0 Å². The lowest BCUT2D eigenvalue weighted by Gasteiger charge is -2.16. The maximum absolute atomic E-state index is 12.2. The second-order valence-corrected chi connectivity index (χ2v) is 5.41. The summed E-state index contributed by atoms with van der Waals surface area (Å²) in [6.07, 6.45) is 0.383. The maximum atomic E-state index is 12.2. The minimum atomic E-state index is -1.03. The number of aromatic nitrogens is 3. The van der Waals surface area contributed by atoms with E-state index in [0.29, 0.717) is 17.5 Å². The lowest BCUT2D eigenvalue weighted by atomic mass is 10.0. The number of nitrogens with zero attached hydrogens (tertiary/aromatic N) is 3. The van der Waals surface area contributed by atoms with Gasteiger partial charge in [-0.25, -0.2) is 9.48 Å². The highest BCUT2D eigenvalue weighted by Crippen LogP contribution is 2.13. The molecule has 0 radical (unpaired) electrons. The summed E-state index contributed by atoms with van der Waals surface area (Å²) in [5.41, 5.74) is 1.78. The van der Waals surface area contributed by atoms with Crippen molar-refractivity contribution in [2.24, 2.45) is 13.0 Å². The Morgan fingerprint density at radius 1 is 1.38 bits per heavy atom. The van der Waals surface area contributed by atoms with Crippen molar-refractivity contribution in [1.29, 1.82) is 0 Å². The number of benzene rings is 1. The lowest BCUT2D eigenvalue weighted by molar-refractivity contribution is -0.139. The molecule has 0 saturated heterocycles. The van der Waals surface area contributed by atoms with Crippen LogP contribution < -0.4 is 5.32 Å². The Labute approximate surface area is 121 Å². The summed E-state index contributed by atoms with van der Waals surface area (Å²) in [5.74, 6) is -1.28. The number of nitrogens with one attached hydrogen (secondary N) is 1. The van der Waals surface area contributed by atoms with Crippen molar-refractivity contribution < 1.29 is 14.7 Å². The highest BCUT2D eigenvalue weighted by molar-refractivity contribution is 5.99. The molecule has 1 aromatic carbocycles. The maximum Gasteiger partial charge on any atom is 0.326 e. The Balaban J connectivity index is 2.18. The van der Waals surface area contributed by atoms with Crippen LogP contribution in [0.1, 0.15) is 30.6 Å². The minimum absolute atomic E-state index is 0.175. The topological polar surface area (TPSA) is 97.1 Å². The van der Waals surface area contributed by atoms with Crippen molar-refractivity contribution in [3.63, 3.8) is 0 Å². The minimum Gasteiger partial charge on any atom is -0.480 e. The molecular weight excluding hydrogens is 272 g/mol. The van der Waals surface area contributed by atoms with Gasteiger partial charge in [0.2, 0.25) is 0 Å². The van der Waals surface area contributed by atoms with Crippen molar-refractivity contribution in [2.75, 3.05) is 0 Å². The summed E-state index contributed by atoms with van der Waals surface area (Å²) in [7, 11) is 1.76. The first-order chi connectivity index (χ1) is 9.88. The average Bonchev–Trinajstić information content (AvgIpc) is 2.78. The summed E-state index contributed by atoms with van der Waals surface area (Å²) < 4.78 is 1.61. The Morgan fingerprint density at radius 2 is 2.10 bits per heavy atom. The van der Waals surface area contributed by atoms with E-state index >= 15 is 0 Å². The van der Waals surface area contributed by atoms with E-state index in [1.807, 2.05) is 13.8 Å². The fraction of sp³-hybridized carbons (Fsp3) is 0.429. The SMILES string of the molecule is CC(C)CC(NC(=O)c1ccc2c(c1)nnn2C)C(=O)O. The number of aryl methyl sites for hydroxylation is 1. The molecule has 21 heavy (non-hydrogen) atoms. The van der Waals surface area contributed by atoms with Gasteiger partial charge in [0, 0.05) is 12.6 Å². The number of carboxylic acid groups (broad SMARTS) is 1. The second kappa shape index (κ2) is 5.90. The van der Waals surface area contributed by atoms with Gasteiger partial charge in [0.1, 0.15) is 11.6 Å². The smallest absolute Gasteiger partial charge is 0.326 e. The van der Waals surface area contributed by atoms with Crippen molar-refractivity contribution >= 4 is 22.9 Å². The standard InChI is InChI=1S/C14H18N4O3/c1-8(2)6-11(14(20)21)15-13(19)9-4-5-12-10(7-9)16-17-18(12)3/h4-5,7-8,11H,6H2,1-3H3,(H,15,19)(H,20,21). The molecule has 1 atom stereocenters. The van der Waals surface area contributed by atoms with Crippen molar-refractivity contribution in [3.05, 3.63) is 23.8 Å². The van der Waals surface area contributed by atoms with E-state index in [-0.39, 0.29) is 5.92 Å². The number of carboxylic acids is 1. The van der Waals surface area contributed by atoms with Crippen LogP contribution in [0.4, 0.5) is 0 Å². The summed E-state index contributed by atoms with van der Waals surface area (Å²) in [6.45, 7) is 3.82. The van der Waals surface area contributed by atoms with Gasteiger partial charge in [-0.05, 0) is 30.5 Å². The third-order valence-corrected chi connectivity index (χ3v) is 3.18. The normalized spacial score (nSPS) is 12.6. The Bertz CT molecular complexity index is 678. The number of amides is 1. The number of hydrogen-bond acceptors (Lipinski definition) is 4. The third-order valence-electron chi connectivity index (χ3n) is 3.18. The fourth-order valence-electron chi connectivity index (χ4n) is 2.12. The number of carbonyl (C=O) groups is 2. The van der Waals surface area contributed by atoms with E-state index in [0.717, 1.165) is 5.52 Å². The van der Waals surface area contributed by atoms with Gasteiger partial charge in [0.05, 0.1) is 5.52 Å². The van der Waals surface area contributed by atoms with Crippen molar-refractivity contribution in [1.82, 2.24) is 20.3 Å². The summed E-state index contributed by atoms with van der Waals surface area (Å²) >= 11 is 0. The molecule has 2 aromatic rings. The van der Waals surface area contributed by atoms with Crippen LogP contribution in [0.25, 0.3) is 11.0 Å². The number of hydrogen-bond donors (Lipinski definition) is 2. The number of fused-ring (bicyclic) bond motifs is 1. The first-order valence-electron chi connectivity index (χ1n) is 6.71. The molecule has 0 aliphatic rings. The average molecular weight is 290 g/mol. The molecule has 1 heterocycles. The Morgan fingerprint density at radius 3 is 2.71 bits per heavy atom. The molecular formula is C14H18N4O3. The Hall–Kier alpha value is -2.44. The van der Waals surface area contributed by atoms with Gasteiger partial charge in [-0.3, -0.25) is 4.79 Å². The predicted octanol–water partition coefficient (Wildman–Crippen LogP) is 1.20. The van der Waals surface area contributed by atoms with Gasteiger partial charge >= 0.3 is 5.97 Å². The summed E-state index contributed by atoms with van der Waals surface area (Å²) in [4.78, 5) is 23.3. The van der Waals surface area contributed by atoms with Gasteiger partial charge in [0.25, 0.3) is 5.91 Å². The molecule has 0 fully saturated rings. The van der Waals surface area contributed by atoms with E-state index in [1.54, 1.807) is 29.9 Å². The zero-order valence-corrected chi connectivity index (χ0v) is 12.2. The van der Waals surface area contributed by atoms with E-state index in [1.165, 1.54) is 0 Å². The van der Waals surface area contributed by atoms with E-state index in [9.17, 15) is 9.59 Å². The highest BCUT2D eigenvalue weighted by Gasteiger charge is 2.22. The molecule has 0 aliphatic carbocycles. The van der Waals surface area contributed by atoms with Crippen LogP contribution in [-0.2, 0) is 11.8 Å². The molecule has 2 N–H and O–H groups in total. The number of rotatable bonds is 5. The molecule has 0 bridgehead atoms. The van der Waals surface area contributed by atoms with Gasteiger partial charge in [0.15, 0.2) is 0 Å². The Kier molecular flexibility index (Phi) is 4.21. The zero-order chi connectivity index (χ0) is 15.6. The van der Waals surface area contributed by atoms with Gasteiger partial charge in [-0.2, -0.15) is 0 Å². The number of aliphatic carboxylic acids is 1. The second-order valence-electron chi connectivity index (χ2n) is 5.41. The van der Waals surface area contributed by atoms with Crippen LogP contribution in [0.5, 0.6) is 0 Å². The molecule has 0 saturated carbocycles. The molecule has 2 rings (SSSR count). The predicted molar refractivity (Wildman–Crippen MR) is 76.9 cm³/mol. The number of carbonyl (C=O) groups excluding carboxylic acids is 1. The summed E-state index contributed by atoms with van der Waals surface area (Å²) in [6, 6.07) is 4.08. The van der Waals surface area contributed by atoms with E-state index in [4.69, 9.17) is 5.11 Å². The van der Waals surface area contributed by atoms with Crippen LogP contribution in [0.15, 0.2) is 18.2 Å². The molecule has 112 valence electrons. The fourth-order valence-corrected chi connectivity index (χ4v) is 2.12. The monoisotopic (exact) mass is 290 g/mol. The van der Waals surface area contributed by atoms with Crippen LogP contribution in [0.2, 0.25) is 0 Å². The molecule has 1 amide bonds. The molecule has 7 heteroatoms. The van der Waals surface area contributed by atoms with E-state index < -0.39 is 17.9 Å². The van der Waals surface area contributed by atoms with Gasteiger partial charge in [-0.15, -0.1) is 5.10 Å². The lowest BCUT2D eigenvalue weighted by Crippen LogP contribution is -2.41. The third kappa shape index (κ3) is 3.36. The largest absolute Gasteiger partial charge is 0.480 e. The molecule has 1 aromatic heterocycles. The van der Waals surface area contributed by atoms with Crippen LogP contribution in [-0.4, -0.2) is 38.0 Å². The van der Waals surface area contributed by atoms with Crippen molar-refractivity contribution in [2.45, 2.75) is 26.3 Å². The first-order valence-corrected chi connectivity index (χ1v) is 6.71. The van der Waals surface area contributed by atoms with Crippen LogP contribution >= 0.6 is 0 Å². The molecule has 1 unspecified atom stereocenters. The highest BCUT2D eigenvalue weighted by atomic mass is 16.4. The summed E-state index contributed by atoms with van der Waals surface area (Å²) in [5, 5.41) is 19.5. The quantitative estimate of drug-likeness (QED) is 0.862.